The molecule has 9 heteroatoms. The third-order valence-corrected chi connectivity index (χ3v) is 8.08. The van der Waals surface area contributed by atoms with Crippen molar-refractivity contribution in [2.75, 3.05) is 11.1 Å². The molecule has 1 aliphatic rings. The molecule has 5 nitrogen and oxygen atoms in total. The van der Waals surface area contributed by atoms with Crippen LogP contribution < -0.4 is 11.1 Å². The molecule has 0 saturated carbocycles. The first-order valence-electron chi connectivity index (χ1n) is 9.09. The summed E-state index contributed by atoms with van der Waals surface area (Å²) in [5, 5.41) is 3.35. The topological polar surface area (TPSA) is 89.3 Å². The number of nitrogens with two attached hydrogens (primary N) is 1. The summed E-state index contributed by atoms with van der Waals surface area (Å²) < 4.78 is 25.9. The number of sulfone groups is 1. The van der Waals surface area contributed by atoms with Gasteiger partial charge in [-0.25, -0.2) is 8.42 Å². The number of halogens is 2. The Hall–Kier alpha value is -2.45. The molecule has 0 radical (unpaired) electrons. The van der Waals surface area contributed by atoms with Crippen LogP contribution in [0.15, 0.2) is 75.4 Å². The predicted octanol–water partition coefficient (Wildman–Crippen LogP) is 5.63. The minimum atomic E-state index is -3.73. The molecule has 0 atom stereocenters. The van der Waals surface area contributed by atoms with Crippen LogP contribution in [0, 0.1) is 0 Å². The molecule has 3 N–H and O–H groups in total. The lowest BCUT2D eigenvalue weighted by Crippen LogP contribution is -2.18. The maximum Gasteiger partial charge on any atom is 0.262 e. The van der Waals surface area contributed by atoms with Crippen LogP contribution in [0.1, 0.15) is 11.1 Å². The first-order chi connectivity index (χ1) is 14.7. The molecule has 0 spiro atoms. The van der Waals surface area contributed by atoms with Gasteiger partial charge in [-0.05, 0) is 54.1 Å². The van der Waals surface area contributed by atoms with Crippen LogP contribution in [-0.2, 0) is 20.4 Å². The number of nitrogen functional groups attached to an aromatic ring is 1. The minimum absolute atomic E-state index is 0.0779. The van der Waals surface area contributed by atoms with Gasteiger partial charge in [0, 0.05) is 26.2 Å². The molecule has 31 heavy (non-hydrogen) atoms. The minimum Gasteiger partial charge on any atom is -0.399 e. The van der Waals surface area contributed by atoms with Crippen LogP contribution >= 0.6 is 35.0 Å². The molecule has 158 valence electrons. The van der Waals surface area contributed by atoms with Crippen molar-refractivity contribution in [2.45, 2.75) is 15.5 Å². The number of hydrogen-bond donors (Lipinski definition) is 2. The Morgan fingerprint density at radius 1 is 1.00 bits per heavy atom. The van der Waals surface area contributed by atoms with Crippen LogP contribution in [0.5, 0.6) is 0 Å². The van der Waals surface area contributed by atoms with Crippen molar-refractivity contribution < 1.29 is 13.2 Å². The highest BCUT2D eigenvalue weighted by atomic mass is 35.5. The molecule has 3 aromatic carbocycles. The van der Waals surface area contributed by atoms with Gasteiger partial charge in [-0.2, -0.15) is 0 Å². The summed E-state index contributed by atoms with van der Waals surface area (Å²) in [5.74, 6) is -0.647. The second-order valence-electron chi connectivity index (χ2n) is 6.85. The molecular formula is C22H16Cl2N2O3S2. The average Bonchev–Trinajstić information content (AvgIpc) is 2.72. The maximum atomic E-state index is 12.9. The van der Waals surface area contributed by atoms with Gasteiger partial charge in [-0.3, -0.25) is 4.79 Å². The van der Waals surface area contributed by atoms with Gasteiger partial charge in [-0.15, -0.1) is 0 Å². The molecular weight excluding hydrogens is 475 g/mol. The van der Waals surface area contributed by atoms with Gasteiger partial charge < -0.3 is 11.1 Å². The molecule has 0 aliphatic carbocycles. The van der Waals surface area contributed by atoms with Gasteiger partial charge in [0.25, 0.3) is 5.91 Å². The van der Waals surface area contributed by atoms with Crippen LogP contribution in [0.4, 0.5) is 11.4 Å². The summed E-state index contributed by atoms with van der Waals surface area (Å²) in [6, 6.07) is 16.7. The van der Waals surface area contributed by atoms with E-state index in [4.69, 9.17) is 28.9 Å². The highest BCUT2D eigenvalue weighted by molar-refractivity contribution is 8.04. The quantitative estimate of drug-likeness (QED) is 0.365. The van der Waals surface area contributed by atoms with E-state index in [-0.39, 0.29) is 26.6 Å². The Morgan fingerprint density at radius 2 is 1.68 bits per heavy atom. The van der Waals surface area contributed by atoms with Crippen molar-refractivity contribution >= 4 is 68.2 Å². The van der Waals surface area contributed by atoms with E-state index in [1.165, 1.54) is 23.9 Å². The SMILES string of the molecule is Nc1ccc(/C=C2\Sc3ccc(S(=O)(=O)Cc4c(Cl)cccc4Cl)cc3NC2=O)cc1. The Kier molecular flexibility index (Phi) is 6.03. The van der Waals surface area contributed by atoms with E-state index in [2.05, 4.69) is 5.32 Å². The monoisotopic (exact) mass is 490 g/mol. The molecule has 0 unspecified atom stereocenters. The van der Waals surface area contributed by atoms with E-state index >= 15 is 0 Å². The van der Waals surface area contributed by atoms with Crippen molar-refractivity contribution in [3.63, 3.8) is 0 Å². The van der Waals surface area contributed by atoms with Gasteiger partial charge >= 0.3 is 0 Å². The lowest BCUT2D eigenvalue weighted by atomic mass is 10.2. The average molecular weight is 491 g/mol. The fourth-order valence-corrected chi connectivity index (χ4v) is 6.07. The molecule has 1 heterocycles. The molecule has 1 aliphatic heterocycles. The van der Waals surface area contributed by atoms with Crippen LogP contribution in [-0.4, -0.2) is 14.3 Å². The highest BCUT2D eigenvalue weighted by Gasteiger charge is 2.25. The highest BCUT2D eigenvalue weighted by Crippen LogP contribution is 2.40. The zero-order valence-electron chi connectivity index (χ0n) is 15.9. The molecule has 4 rings (SSSR count). The molecule has 0 aromatic heterocycles. The Morgan fingerprint density at radius 3 is 2.35 bits per heavy atom. The molecule has 0 fully saturated rings. The van der Waals surface area contributed by atoms with Gasteiger partial charge in [0.2, 0.25) is 0 Å². The fourth-order valence-electron chi connectivity index (χ4n) is 3.02. The summed E-state index contributed by atoms with van der Waals surface area (Å²) in [7, 11) is -3.73. The Labute approximate surface area is 194 Å². The van der Waals surface area contributed by atoms with Crippen LogP contribution in [0.3, 0.4) is 0 Å². The number of carbonyl (C=O) groups excluding carboxylic acids is 1. The first kappa shape index (κ1) is 21.8. The number of nitrogens with one attached hydrogen (secondary N) is 1. The van der Waals surface area contributed by atoms with Crippen molar-refractivity contribution in [3.8, 4) is 0 Å². The number of anilines is 2. The van der Waals surface area contributed by atoms with E-state index in [0.29, 0.717) is 21.8 Å². The number of thioether (sulfide) groups is 1. The van der Waals surface area contributed by atoms with E-state index in [1.807, 2.05) is 12.1 Å². The van der Waals surface area contributed by atoms with Crippen molar-refractivity contribution in [3.05, 3.63) is 86.7 Å². The van der Waals surface area contributed by atoms with E-state index in [1.54, 1.807) is 42.5 Å². The van der Waals surface area contributed by atoms with E-state index < -0.39 is 9.84 Å². The first-order valence-corrected chi connectivity index (χ1v) is 12.3. The lowest BCUT2D eigenvalue weighted by molar-refractivity contribution is -0.112. The van der Waals surface area contributed by atoms with Crippen molar-refractivity contribution in [2.24, 2.45) is 0 Å². The lowest BCUT2D eigenvalue weighted by Gasteiger charge is -2.19. The second-order valence-corrected chi connectivity index (χ2v) is 10.7. The van der Waals surface area contributed by atoms with Gasteiger partial charge in [-0.1, -0.05) is 53.2 Å². The maximum absolute atomic E-state index is 12.9. The third kappa shape index (κ3) is 4.75. The zero-order chi connectivity index (χ0) is 22.2. The Bertz CT molecular complexity index is 1300. The van der Waals surface area contributed by atoms with Crippen molar-refractivity contribution in [1.82, 2.24) is 0 Å². The number of rotatable bonds is 4. The standard InChI is InChI=1S/C22H16Cl2N2O3S2/c23-17-2-1-3-18(24)16(17)12-31(28,29)15-8-9-20-19(11-15)26-22(27)21(30-20)10-13-4-6-14(25)7-5-13/h1-11H,12,25H2,(H,26,27)/b21-10-. The molecule has 1 amide bonds. The normalized spacial score (nSPS) is 14.9. The van der Waals surface area contributed by atoms with Crippen LogP contribution in [0.2, 0.25) is 10.0 Å². The fraction of sp³-hybridized carbons (Fsp3) is 0.0455. The third-order valence-electron chi connectivity index (χ3n) is 4.63. The summed E-state index contributed by atoms with van der Waals surface area (Å²) in [4.78, 5) is 13.9. The summed E-state index contributed by atoms with van der Waals surface area (Å²) in [6.07, 6.45) is 1.76. The number of carbonyl (C=O) groups is 1. The number of fused-ring (bicyclic) bond motifs is 1. The predicted molar refractivity (Wildman–Crippen MR) is 127 cm³/mol. The summed E-state index contributed by atoms with van der Waals surface area (Å²) in [5.41, 5.74) is 7.96. The van der Waals surface area contributed by atoms with Gasteiger partial charge in [0.05, 0.1) is 21.2 Å². The molecule has 0 saturated heterocycles. The van der Waals surface area contributed by atoms with Gasteiger partial charge in [0.1, 0.15) is 0 Å². The van der Waals surface area contributed by atoms with E-state index in [0.717, 1.165) is 10.5 Å². The smallest absolute Gasteiger partial charge is 0.262 e. The van der Waals surface area contributed by atoms with Crippen molar-refractivity contribution in [1.29, 1.82) is 0 Å². The second kappa shape index (κ2) is 8.59. The molecule has 3 aromatic rings. The Balaban J connectivity index is 1.62. The number of hydrogen-bond acceptors (Lipinski definition) is 5. The summed E-state index contributed by atoms with van der Waals surface area (Å²) >= 11 is 13.5. The van der Waals surface area contributed by atoms with Gasteiger partial charge in [0.15, 0.2) is 9.84 Å². The largest absolute Gasteiger partial charge is 0.399 e. The van der Waals surface area contributed by atoms with Crippen LogP contribution in [0.25, 0.3) is 6.08 Å². The number of benzene rings is 3. The zero-order valence-corrected chi connectivity index (χ0v) is 19.1. The summed E-state index contributed by atoms with van der Waals surface area (Å²) in [6.45, 7) is 0. The van der Waals surface area contributed by atoms with E-state index in [9.17, 15) is 13.2 Å². The number of amides is 1. The molecule has 0 bridgehead atoms.